The second-order valence-electron chi connectivity index (χ2n) is 6.54. The van der Waals surface area contributed by atoms with Gasteiger partial charge >= 0.3 is 5.97 Å². The van der Waals surface area contributed by atoms with Gasteiger partial charge in [0.25, 0.3) is 0 Å². The van der Waals surface area contributed by atoms with Gasteiger partial charge in [-0.2, -0.15) is 0 Å². The summed E-state index contributed by atoms with van der Waals surface area (Å²) in [6.45, 7) is 8.20. The molecular weight excluding hydrogens is 230 g/mol. The van der Waals surface area contributed by atoms with Crippen LogP contribution in [0.4, 0.5) is 0 Å². The minimum Gasteiger partial charge on any atom is -0.481 e. The molecule has 0 unspecified atom stereocenters. The number of aliphatic carboxylic acids is 1. The molecule has 1 saturated carbocycles. The number of carbonyl (C=O) groups is 2. The molecule has 18 heavy (non-hydrogen) atoms. The largest absolute Gasteiger partial charge is 0.481 e. The molecule has 0 aliphatic heterocycles. The predicted octanol–water partition coefficient (Wildman–Crippen LogP) is 2.67. The Morgan fingerprint density at radius 2 is 1.72 bits per heavy atom. The molecular formula is C14H25NO3. The number of rotatable bonds is 4. The lowest BCUT2D eigenvalue weighted by molar-refractivity contribution is -0.147. The Hall–Kier alpha value is -1.06. The van der Waals surface area contributed by atoms with E-state index in [-0.39, 0.29) is 23.3 Å². The van der Waals surface area contributed by atoms with Gasteiger partial charge in [-0.25, -0.2) is 0 Å². The summed E-state index contributed by atoms with van der Waals surface area (Å²) < 4.78 is 0. The normalized spacial score (nSPS) is 18.7. The molecule has 0 bridgehead atoms. The Labute approximate surface area is 109 Å². The fourth-order valence-corrected chi connectivity index (χ4v) is 2.64. The van der Waals surface area contributed by atoms with Gasteiger partial charge in [-0.1, -0.05) is 19.8 Å². The molecule has 1 amide bonds. The van der Waals surface area contributed by atoms with Crippen molar-refractivity contribution in [2.45, 2.75) is 65.3 Å². The summed E-state index contributed by atoms with van der Waals surface area (Å²) in [5.41, 5.74) is -0.607. The number of hydrogen-bond donors (Lipinski definition) is 1. The van der Waals surface area contributed by atoms with E-state index in [4.69, 9.17) is 5.11 Å². The van der Waals surface area contributed by atoms with Crippen molar-refractivity contribution in [3.63, 3.8) is 0 Å². The molecule has 0 aromatic heterocycles. The van der Waals surface area contributed by atoms with E-state index in [0.717, 1.165) is 25.7 Å². The summed E-state index contributed by atoms with van der Waals surface area (Å²) in [4.78, 5) is 25.1. The van der Waals surface area contributed by atoms with Crippen LogP contribution in [-0.2, 0) is 9.59 Å². The first-order valence-electron chi connectivity index (χ1n) is 6.71. The third-order valence-corrected chi connectivity index (χ3v) is 3.83. The van der Waals surface area contributed by atoms with Crippen molar-refractivity contribution < 1.29 is 14.7 Å². The monoisotopic (exact) mass is 255 g/mol. The lowest BCUT2D eigenvalue weighted by Crippen LogP contribution is -2.51. The molecule has 0 aromatic carbocycles. The molecule has 4 nitrogen and oxygen atoms in total. The molecule has 0 heterocycles. The minimum absolute atomic E-state index is 0.0130. The molecule has 1 N–H and O–H groups in total. The standard InChI is InChI=1S/C14H25NO3/c1-13(2,3)15(10-7-11(16)17)12(18)14(4)8-5-6-9-14/h5-10H2,1-4H3,(H,16,17). The zero-order valence-electron chi connectivity index (χ0n) is 12.0. The van der Waals surface area contributed by atoms with E-state index >= 15 is 0 Å². The lowest BCUT2D eigenvalue weighted by atomic mass is 9.85. The maximum atomic E-state index is 12.7. The number of amides is 1. The molecule has 1 aliphatic rings. The Kier molecular flexibility index (Phi) is 4.41. The van der Waals surface area contributed by atoms with Crippen LogP contribution in [0.25, 0.3) is 0 Å². The fraction of sp³-hybridized carbons (Fsp3) is 0.857. The van der Waals surface area contributed by atoms with Gasteiger partial charge in [-0.15, -0.1) is 0 Å². The number of carboxylic acids is 1. The van der Waals surface area contributed by atoms with E-state index in [9.17, 15) is 9.59 Å². The molecule has 0 spiro atoms. The first kappa shape index (κ1) is 15.0. The molecule has 1 aliphatic carbocycles. The third kappa shape index (κ3) is 3.47. The summed E-state index contributed by atoms with van der Waals surface area (Å²) in [5, 5.41) is 8.80. The highest BCUT2D eigenvalue weighted by Gasteiger charge is 2.41. The molecule has 1 rings (SSSR count). The summed E-state index contributed by atoms with van der Waals surface area (Å²) in [5.74, 6) is -0.734. The molecule has 104 valence electrons. The van der Waals surface area contributed by atoms with Crippen LogP contribution in [-0.4, -0.2) is 34.0 Å². The van der Waals surface area contributed by atoms with E-state index in [0.29, 0.717) is 6.54 Å². The van der Waals surface area contributed by atoms with Gasteiger partial charge in [-0.3, -0.25) is 9.59 Å². The smallest absolute Gasteiger partial charge is 0.305 e. The second kappa shape index (κ2) is 5.29. The van der Waals surface area contributed by atoms with Crippen molar-refractivity contribution in [1.82, 2.24) is 4.90 Å². The molecule has 0 saturated heterocycles. The summed E-state index contributed by atoms with van der Waals surface area (Å²) in [6.07, 6.45) is 4.05. The van der Waals surface area contributed by atoms with Crippen molar-refractivity contribution >= 4 is 11.9 Å². The highest BCUT2D eigenvalue weighted by molar-refractivity contribution is 5.83. The van der Waals surface area contributed by atoms with Gasteiger partial charge < -0.3 is 10.0 Å². The van der Waals surface area contributed by atoms with Gasteiger partial charge in [0.05, 0.1) is 6.42 Å². The van der Waals surface area contributed by atoms with E-state index in [1.165, 1.54) is 0 Å². The van der Waals surface area contributed by atoms with Gasteiger partial charge in [0.2, 0.25) is 5.91 Å². The summed E-state index contributed by atoms with van der Waals surface area (Å²) in [7, 11) is 0. The Morgan fingerprint density at radius 3 is 2.11 bits per heavy atom. The number of nitrogens with zero attached hydrogens (tertiary/aromatic N) is 1. The van der Waals surface area contributed by atoms with Crippen LogP contribution < -0.4 is 0 Å². The van der Waals surface area contributed by atoms with Crippen molar-refractivity contribution in [2.24, 2.45) is 5.41 Å². The van der Waals surface area contributed by atoms with Crippen molar-refractivity contribution in [1.29, 1.82) is 0 Å². The van der Waals surface area contributed by atoms with Gasteiger partial charge in [0, 0.05) is 17.5 Å². The van der Waals surface area contributed by atoms with Gasteiger partial charge in [0.1, 0.15) is 0 Å². The van der Waals surface area contributed by atoms with Crippen molar-refractivity contribution in [3.8, 4) is 0 Å². The van der Waals surface area contributed by atoms with Crippen molar-refractivity contribution in [2.75, 3.05) is 6.54 Å². The van der Waals surface area contributed by atoms with Crippen LogP contribution in [0.5, 0.6) is 0 Å². The molecule has 0 radical (unpaired) electrons. The minimum atomic E-state index is -0.853. The lowest BCUT2D eigenvalue weighted by Gasteiger charge is -2.40. The van der Waals surface area contributed by atoms with Gasteiger partial charge in [0.15, 0.2) is 0 Å². The Balaban J connectivity index is 2.82. The topological polar surface area (TPSA) is 57.6 Å². The first-order valence-corrected chi connectivity index (χ1v) is 6.71. The summed E-state index contributed by atoms with van der Waals surface area (Å²) in [6, 6.07) is 0. The average Bonchev–Trinajstić information content (AvgIpc) is 2.64. The number of carboxylic acid groups (broad SMARTS) is 1. The molecule has 1 fully saturated rings. The SMILES string of the molecule is CC1(C(=O)N(CCC(=O)O)C(C)(C)C)CCCC1. The van der Waals surface area contributed by atoms with Crippen LogP contribution in [0.3, 0.4) is 0 Å². The fourth-order valence-electron chi connectivity index (χ4n) is 2.64. The van der Waals surface area contributed by atoms with Crippen LogP contribution in [0.1, 0.15) is 59.8 Å². The average molecular weight is 255 g/mol. The highest BCUT2D eigenvalue weighted by atomic mass is 16.4. The molecule has 0 atom stereocenters. The molecule has 0 aromatic rings. The van der Waals surface area contributed by atoms with Crippen LogP contribution in [0.2, 0.25) is 0 Å². The zero-order valence-corrected chi connectivity index (χ0v) is 12.0. The quantitative estimate of drug-likeness (QED) is 0.840. The van der Waals surface area contributed by atoms with Gasteiger partial charge in [-0.05, 0) is 33.6 Å². The molecule has 4 heteroatoms. The van der Waals surface area contributed by atoms with E-state index in [2.05, 4.69) is 0 Å². The first-order chi connectivity index (χ1) is 8.17. The van der Waals surface area contributed by atoms with Crippen LogP contribution in [0, 0.1) is 5.41 Å². The second-order valence-corrected chi connectivity index (χ2v) is 6.54. The van der Waals surface area contributed by atoms with E-state index < -0.39 is 5.97 Å². The van der Waals surface area contributed by atoms with E-state index in [1.807, 2.05) is 27.7 Å². The Bertz CT molecular complexity index is 324. The highest BCUT2D eigenvalue weighted by Crippen LogP contribution is 2.40. The third-order valence-electron chi connectivity index (χ3n) is 3.83. The Morgan fingerprint density at radius 1 is 1.22 bits per heavy atom. The van der Waals surface area contributed by atoms with Crippen LogP contribution in [0.15, 0.2) is 0 Å². The van der Waals surface area contributed by atoms with Crippen molar-refractivity contribution in [3.05, 3.63) is 0 Å². The zero-order chi connectivity index (χ0) is 14.0. The number of hydrogen-bond acceptors (Lipinski definition) is 2. The predicted molar refractivity (Wildman–Crippen MR) is 70.3 cm³/mol. The van der Waals surface area contributed by atoms with E-state index in [1.54, 1.807) is 4.90 Å². The maximum Gasteiger partial charge on any atom is 0.305 e. The summed E-state index contributed by atoms with van der Waals surface area (Å²) >= 11 is 0. The van der Waals surface area contributed by atoms with Crippen LogP contribution >= 0.6 is 0 Å². The number of carbonyl (C=O) groups excluding carboxylic acids is 1. The maximum absolute atomic E-state index is 12.7.